The second kappa shape index (κ2) is 10.7. The van der Waals surface area contributed by atoms with Crippen molar-refractivity contribution in [1.82, 2.24) is 35.4 Å². The van der Waals surface area contributed by atoms with Crippen LogP contribution in [0.15, 0.2) is 72.8 Å². The van der Waals surface area contributed by atoms with Gasteiger partial charge in [-0.25, -0.2) is 14.8 Å². The lowest BCUT2D eigenvalue weighted by Crippen LogP contribution is -2.11. The lowest BCUT2D eigenvalue weighted by atomic mass is 9.98. The van der Waals surface area contributed by atoms with Crippen molar-refractivity contribution in [3.8, 4) is 22.5 Å². The van der Waals surface area contributed by atoms with Crippen LogP contribution in [0.5, 0.6) is 0 Å². The van der Waals surface area contributed by atoms with Crippen LogP contribution in [-0.2, 0) is 13.0 Å². The predicted molar refractivity (Wildman–Crippen MR) is 146 cm³/mol. The molecule has 2 heterocycles. The van der Waals surface area contributed by atoms with E-state index in [2.05, 4.69) is 88.5 Å². The van der Waals surface area contributed by atoms with Crippen molar-refractivity contribution in [2.45, 2.75) is 46.1 Å². The van der Waals surface area contributed by atoms with Crippen LogP contribution in [0, 0.1) is 5.92 Å². The van der Waals surface area contributed by atoms with Gasteiger partial charge < -0.3 is 5.73 Å². The Labute approximate surface area is 217 Å². The summed E-state index contributed by atoms with van der Waals surface area (Å²) in [6.07, 6.45) is 1.94. The Balaban J connectivity index is 1.42. The highest BCUT2D eigenvalue weighted by atomic mass is 15.5. The van der Waals surface area contributed by atoms with Crippen molar-refractivity contribution in [2.24, 2.45) is 5.92 Å². The number of nitrogens with two attached hydrogens (primary N) is 1. The third-order valence-electron chi connectivity index (χ3n) is 6.64. The molecule has 3 aromatic carbocycles. The van der Waals surface area contributed by atoms with Crippen LogP contribution in [0.4, 0.5) is 5.69 Å². The fourth-order valence-corrected chi connectivity index (χ4v) is 4.47. The van der Waals surface area contributed by atoms with Gasteiger partial charge in [0.2, 0.25) is 0 Å². The molecular formula is C29H32N8. The van der Waals surface area contributed by atoms with Gasteiger partial charge in [-0.15, -0.1) is 5.10 Å². The van der Waals surface area contributed by atoms with Gasteiger partial charge in [-0.3, -0.25) is 0 Å². The molecule has 1 unspecified atom stereocenters. The maximum atomic E-state index is 5.92. The van der Waals surface area contributed by atoms with Crippen LogP contribution in [0.1, 0.15) is 55.9 Å². The van der Waals surface area contributed by atoms with E-state index >= 15 is 0 Å². The molecule has 8 nitrogen and oxygen atoms in total. The average Bonchev–Trinajstić information content (AvgIpc) is 3.59. The number of benzene rings is 3. The standard InChI is InChI=1S/C29H32N8/c1-19(2)8-17-27-31-29(20(3)22-13-15-24(30)16-14-22)37(34-27)18-21-9-11-23(12-10-21)25-6-4-5-7-26(25)28-32-35-36-33-28/h4-7,9-16,19-20H,8,17-18,30H2,1-3H3,(H,32,33,35,36). The van der Waals surface area contributed by atoms with E-state index in [1.165, 1.54) is 5.56 Å². The molecule has 0 aliphatic carbocycles. The number of hydrogen-bond donors (Lipinski definition) is 2. The first-order valence-corrected chi connectivity index (χ1v) is 12.7. The molecule has 0 spiro atoms. The SMILES string of the molecule is CC(C)CCc1nc(C(C)c2ccc(N)cc2)n(Cc2ccc(-c3ccccc3-c3nnn[nH]3)cc2)n1. The largest absolute Gasteiger partial charge is 0.399 e. The summed E-state index contributed by atoms with van der Waals surface area (Å²) in [5, 5.41) is 19.3. The fraction of sp³-hybridized carbons (Fsp3) is 0.276. The number of nitrogen functional groups attached to an aromatic ring is 1. The Kier molecular flexibility index (Phi) is 7.07. The Morgan fingerprint density at radius 1 is 0.892 bits per heavy atom. The van der Waals surface area contributed by atoms with Gasteiger partial charge >= 0.3 is 0 Å². The van der Waals surface area contributed by atoms with Crippen LogP contribution in [0.3, 0.4) is 0 Å². The van der Waals surface area contributed by atoms with Gasteiger partial charge in [0.05, 0.1) is 6.54 Å². The van der Waals surface area contributed by atoms with Crippen LogP contribution in [0.2, 0.25) is 0 Å². The molecular weight excluding hydrogens is 460 g/mol. The van der Waals surface area contributed by atoms with Crippen LogP contribution in [0.25, 0.3) is 22.5 Å². The average molecular weight is 493 g/mol. The van der Waals surface area contributed by atoms with E-state index in [0.29, 0.717) is 18.3 Å². The van der Waals surface area contributed by atoms with Crippen molar-refractivity contribution in [2.75, 3.05) is 5.73 Å². The number of H-pyrrole nitrogens is 1. The van der Waals surface area contributed by atoms with E-state index in [1.807, 2.05) is 30.3 Å². The normalized spacial score (nSPS) is 12.2. The molecule has 0 bridgehead atoms. The van der Waals surface area contributed by atoms with Crippen molar-refractivity contribution >= 4 is 5.69 Å². The number of rotatable bonds is 9. The van der Waals surface area contributed by atoms with Crippen molar-refractivity contribution in [1.29, 1.82) is 0 Å². The summed E-state index contributed by atoms with van der Waals surface area (Å²) in [7, 11) is 0. The summed E-state index contributed by atoms with van der Waals surface area (Å²) < 4.78 is 2.06. The van der Waals surface area contributed by atoms with E-state index in [4.69, 9.17) is 15.8 Å². The number of aromatic amines is 1. The van der Waals surface area contributed by atoms with Crippen LogP contribution in [-0.4, -0.2) is 35.4 Å². The molecule has 5 rings (SSSR count). The van der Waals surface area contributed by atoms with Crippen molar-refractivity contribution in [3.63, 3.8) is 0 Å². The number of aryl methyl sites for hydroxylation is 1. The highest BCUT2D eigenvalue weighted by Gasteiger charge is 2.19. The summed E-state index contributed by atoms with van der Waals surface area (Å²) in [5.41, 5.74) is 12.1. The van der Waals surface area contributed by atoms with Gasteiger partial charge in [0, 0.05) is 23.6 Å². The lowest BCUT2D eigenvalue weighted by Gasteiger charge is -2.14. The Morgan fingerprint density at radius 3 is 2.30 bits per heavy atom. The zero-order chi connectivity index (χ0) is 25.8. The minimum absolute atomic E-state index is 0.0996. The van der Waals surface area contributed by atoms with Crippen molar-refractivity contribution in [3.05, 3.63) is 95.6 Å². The van der Waals surface area contributed by atoms with Gasteiger partial charge in [0.25, 0.3) is 0 Å². The first kappa shape index (κ1) is 24.4. The maximum absolute atomic E-state index is 5.92. The highest BCUT2D eigenvalue weighted by Crippen LogP contribution is 2.30. The van der Waals surface area contributed by atoms with Gasteiger partial charge in [0.1, 0.15) is 5.82 Å². The lowest BCUT2D eigenvalue weighted by molar-refractivity contribution is 0.567. The van der Waals surface area contributed by atoms with E-state index in [1.54, 1.807) is 0 Å². The third kappa shape index (κ3) is 5.58. The van der Waals surface area contributed by atoms with Gasteiger partial charge in [0.15, 0.2) is 11.6 Å². The molecule has 5 aromatic rings. The molecule has 1 atom stereocenters. The summed E-state index contributed by atoms with van der Waals surface area (Å²) >= 11 is 0. The van der Waals surface area contributed by atoms with Gasteiger partial charge in [-0.1, -0.05) is 81.4 Å². The summed E-state index contributed by atoms with van der Waals surface area (Å²) in [4.78, 5) is 4.98. The Morgan fingerprint density at radius 2 is 1.62 bits per heavy atom. The maximum Gasteiger partial charge on any atom is 0.180 e. The number of anilines is 1. The molecule has 0 radical (unpaired) electrons. The number of tetrazole rings is 1. The van der Waals surface area contributed by atoms with E-state index < -0.39 is 0 Å². The van der Waals surface area contributed by atoms with E-state index in [-0.39, 0.29) is 5.92 Å². The number of aromatic nitrogens is 7. The quantitative estimate of drug-likeness (QED) is 0.263. The van der Waals surface area contributed by atoms with E-state index in [0.717, 1.165) is 52.4 Å². The van der Waals surface area contributed by atoms with Crippen LogP contribution < -0.4 is 5.73 Å². The van der Waals surface area contributed by atoms with Crippen molar-refractivity contribution < 1.29 is 0 Å². The molecule has 0 saturated carbocycles. The Bertz CT molecular complexity index is 1430. The minimum atomic E-state index is 0.0996. The summed E-state index contributed by atoms with van der Waals surface area (Å²) in [6.45, 7) is 7.29. The second-order valence-corrected chi connectivity index (χ2v) is 9.86. The number of nitrogens with one attached hydrogen (secondary N) is 1. The smallest absolute Gasteiger partial charge is 0.180 e. The first-order chi connectivity index (χ1) is 18.0. The summed E-state index contributed by atoms with van der Waals surface area (Å²) in [6, 6.07) is 24.7. The third-order valence-corrected chi connectivity index (χ3v) is 6.64. The Hall–Kier alpha value is -4.33. The number of hydrogen-bond acceptors (Lipinski definition) is 6. The minimum Gasteiger partial charge on any atom is -0.399 e. The highest BCUT2D eigenvalue weighted by molar-refractivity contribution is 5.80. The second-order valence-electron chi connectivity index (χ2n) is 9.86. The molecule has 3 N–H and O–H groups in total. The molecule has 0 aliphatic heterocycles. The molecule has 0 amide bonds. The van der Waals surface area contributed by atoms with Gasteiger partial charge in [-0.2, -0.15) is 5.10 Å². The monoisotopic (exact) mass is 492 g/mol. The molecule has 0 saturated heterocycles. The molecule has 2 aromatic heterocycles. The number of nitrogens with zero attached hydrogens (tertiary/aromatic N) is 6. The molecule has 8 heteroatoms. The first-order valence-electron chi connectivity index (χ1n) is 12.7. The zero-order valence-electron chi connectivity index (χ0n) is 21.5. The molecule has 37 heavy (non-hydrogen) atoms. The zero-order valence-corrected chi connectivity index (χ0v) is 21.5. The topological polar surface area (TPSA) is 111 Å². The molecule has 188 valence electrons. The van der Waals surface area contributed by atoms with Crippen LogP contribution >= 0.6 is 0 Å². The fourth-order valence-electron chi connectivity index (χ4n) is 4.47. The van der Waals surface area contributed by atoms with Gasteiger partial charge in [-0.05, 0) is 57.2 Å². The van der Waals surface area contributed by atoms with E-state index in [9.17, 15) is 0 Å². The summed E-state index contributed by atoms with van der Waals surface area (Å²) in [5.74, 6) is 3.22. The molecule has 0 aliphatic rings. The predicted octanol–water partition coefficient (Wildman–Crippen LogP) is 5.50. The molecule has 0 fully saturated rings.